The van der Waals surface area contributed by atoms with Crippen LogP contribution >= 0.6 is 0 Å². The molecule has 0 aliphatic carbocycles. The van der Waals surface area contributed by atoms with Crippen LogP contribution in [0, 0.1) is 0 Å². The fourth-order valence-electron chi connectivity index (χ4n) is 3.57. The second-order valence-corrected chi connectivity index (χ2v) is 9.44. The van der Waals surface area contributed by atoms with Crippen molar-refractivity contribution < 1.29 is 26.4 Å². The molecule has 0 unspecified atom stereocenters. The molecule has 0 bridgehead atoms. The molecule has 176 valence electrons. The Kier molecular flexibility index (Phi) is 5.82. The van der Waals surface area contributed by atoms with Crippen molar-refractivity contribution in [2.75, 3.05) is 16.3 Å². The van der Waals surface area contributed by atoms with E-state index in [-0.39, 0.29) is 5.91 Å². The maximum Gasteiger partial charge on any atom is 0.416 e. The third-order valence-electron chi connectivity index (χ3n) is 4.90. The molecule has 0 saturated heterocycles. The van der Waals surface area contributed by atoms with Crippen molar-refractivity contribution in [3.8, 4) is 22.4 Å². The van der Waals surface area contributed by atoms with Gasteiger partial charge in [0.25, 0.3) is 0 Å². The first-order valence-corrected chi connectivity index (χ1v) is 11.8. The lowest BCUT2D eigenvalue weighted by molar-refractivity contribution is -0.137. The predicted octanol–water partition coefficient (Wildman–Crippen LogP) is 5.02. The highest BCUT2D eigenvalue weighted by molar-refractivity contribution is 7.92. The summed E-state index contributed by atoms with van der Waals surface area (Å²) in [4.78, 5) is 16.1. The number of benzene rings is 2. The molecule has 0 spiro atoms. The quantitative estimate of drug-likeness (QED) is 0.413. The number of aromatic nitrogens is 2. The standard InChI is InChI=1S/C23H19F3N4O3S/c1-14(31)28-20-11-17(15-5-4-8-19(10-15)29-34(2,32)33)13-30-21(12-27-22(20)30)16-6-3-7-18(9-16)23(24,25)26/h3-13,29H,1-2H3,(H,28,31). The molecule has 0 radical (unpaired) electrons. The zero-order chi connectivity index (χ0) is 24.7. The molecule has 4 aromatic rings. The Hall–Kier alpha value is -3.86. The average molecular weight is 488 g/mol. The number of amides is 1. The molecule has 2 aromatic carbocycles. The molecule has 7 nitrogen and oxygen atoms in total. The summed E-state index contributed by atoms with van der Waals surface area (Å²) < 4.78 is 67.0. The number of nitrogens with one attached hydrogen (secondary N) is 2. The van der Waals surface area contributed by atoms with E-state index in [1.165, 1.54) is 19.2 Å². The van der Waals surface area contributed by atoms with Gasteiger partial charge in [0.2, 0.25) is 15.9 Å². The number of imidazole rings is 1. The van der Waals surface area contributed by atoms with Gasteiger partial charge in [0.15, 0.2) is 5.65 Å². The minimum absolute atomic E-state index is 0.292. The van der Waals surface area contributed by atoms with E-state index >= 15 is 0 Å². The molecular formula is C23H19F3N4O3S. The van der Waals surface area contributed by atoms with Crippen LogP contribution in [0.2, 0.25) is 0 Å². The molecule has 34 heavy (non-hydrogen) atoms. The van der Waals surface area contributed by atoms with Crippen LogP contribution in [-0.4, -0.2) is 30.0 Å². The minimum Gasteiger partial charge on any atom is -0.323 e. The molecule has 2 heterocycles. The van der Waals surface area contributed by atoms with E-state index < -0.39 is 21.8 Å². The van der Waals surface area contributed by atoms with Crippen LogP contribution in [-0.2, 0) is 21.0 Å². The predicted molar refractivity (Wildman–Crippen MR) is 124 cm³/mol. The van der Waals surface area contributed by atoms with E-state index in [2.05, 4.69) is 15.0 Å². The lowest BCUT2D eigenvalue weighted by Gasteiger charge is -2.13. The summed E-state index contributed by atoms with van der Waals surface area (Å²) in [5.74, 6) is -0.352. The van der Waals surface area contributed by atoms with E-state index in [0.29, 0.717) is 39.4 Å². The number of halogens is 3. The normalized spacial score (nSPS) is 12.0. The summed E-state index contributed by atoms with van der Waals surface area (Å²) in [5, 5.41) is 2.70. The molecule has 0 aliphatic rings. The van der Waals surface area contributed by atoms with Crippen LogP contribution in [0.4, 0.5) is 24.5 Å². The van der Waals surface area contributed by atoms with Gasteiger partial charge in [0, 0.05) is 29.9 Å². The van der Waals surface area contributed by atoms with Crippen LogP contribution in [0.3, 0.4) is 0 Å². The van der Waals surface area contributed by atoms with Crippen molar-refractivity contribution in [2.45, 2.75) is 13.1 Å². The number of nitrogens with zero attached hydrogens (tertiary/aromatic N) is 2. The van der Waals surface area contributed by atoms with E-state index in [9.17, 15) is 26.4 Å². The summed E-state index contributed by atoms with van der Waals surface area (Å²) >= 11 is 0. The number of carbonyl (C=O) groups is 1. The Morgan fingerprint density at radius 2 is 1.71 bits per heavy atom. The molecule has 0 fully saturated rings. The number of hydrogen-bond acceptors (Lipinski definition) is 4. The van der Waals surface area contributed by atoms with Gasteiger partial charge in [-0.1, -0.05) is 24.3 Å². The van der Waals surface area contributed by atoms with Crippen molar-refractivity contribution in [1.29, 1.82) is 0 Å². The molecule has 2 N–H and O–H groups in total. The van der Waals surface area contributed by atoms with Crippen LogP contribution in [0.5, 0.6) is 0 Å². The van der Waals surface area contributed by atoms with Gasteiger partial charge in [0.1, 0.15) is 0 Å². The second-order valence-electron chi connectivity index (χ2n) is 7.69. The summed E-state index contributed by atoms with van der Waals surface area (Å²) in [5.41, 5.74) is 2.12. The number of anilines is 2. The van der Waals surface area contributed by atoms with Crippen LogP contribution in [0.25, 0.3) is 28.0 Å². The van der Waals surface area contributed by atoms with Gasteiger partial charge in [-0.3, -0.25) is 13.9 Å². The van der Waals surface area contributed by atoms with Gasteiger partial charge in [-0.25, -0.2) is 13.4 Å². The smallest absolute Gasteiger partial charge is 0.323 e. The van der Waals surface area contributed by atoms with E-state index in [1.54, 1.807) is 47.0 Å². The maximum atomic E-state index is 13.3. The van der Waals surface area contributed by atoms with Gasteiger partial charge >= 0.3 is 6.18 Å². The minimum atomic E-state index is -4.50. The number of carbonyl (C=O) groups excluding carboxylic acids is 1. The highest BCUT2D eigenvalue weighted by Gasteiger charge is 2.30. The van der Waals surface area contributed by atoms with Gasteiger partial charge in [0.05, 0.1) is 29.4 Å². The maximum absolute atomic E-state index is 13.3. The van der Waals surface area contributed by atoms with E-state index in [1.807, 2.05) is 0 Å². The number of rotatable bonds is 5. The van der Waals surface area contributed by atoms with Crippen molar-refractivity contribution in [3.05, 3.63) is 72.6 Å². The Labute approximate surface area is 193 Å². The zero-order valence-corrected chi connectivity index (χ0v) is 18.8. The molecule has 0 aliphatic heterocycles. The van der Waals surface area contributed by atoms with Crippen molar-refractivity contribution in [3.63, 3.8) is 0 Å². The van der Waals surface area contributed by atoms with Crippen molar-refractivity contribution in [2.24, 2.45) is 0 Å². The number of hydrogen-bond donors (Lipinski definition) is 2. The Bertz CT molecular complexity index is 1510. The molecule has 0 atom stereocenters. The Morgan fingerprint density at radius 1 is 1.00 bits per heavy atom. The monoisotopic (exact) mass is 488 g/mol. The molecular weight excluding hydrogens is 469 g/mol. The Morgan fingerprint density at radius 3 is 2.38 bits per heavy atom. The molecule has 2 aromatic heterocycles. The summed E-state index contributed by atoms with van der Waals surface area (Å²) in [7, 11) is -3.50. The van der Waals surface area contributed by atoms with E-state index in [0.717, 1.165) is 18.4 Å². The van der Waals surface area contributed by atoms with Crippen molar-refractivity contribution >= 4 is 33.0 Å². The fraction of sp³-hybridized carbons (Fsp3) is 0.130. The largest absolute Gasteiger partial charge is 0.416 e. The topological polar surface area (TPSA) is 92.6 Å². The third-order valence-corrected chi connectivity index (χ3v) is 5.51. The molecule has 0 saturated carbocycles. The first-order valence-electron chi connectivity index (χ1n) is 9.95. The highest BCUT2D eigenvalue weighted by atomic mass is 32.2. The number of alkyl halides is 3. The lowest BCUT2D eigenvalue weighted by atomic mass is 10.1. The van der Waals surface area contributed by atoms with Gasteiger partial charge in [-0.15, -0.1) is 0 Å². The first kappa shape index (κ1) is 23.3. The molecule has 4 rings (SSSR count). The number of fused-ring (bicyclic) bond motifs is 1. The summed E-state index contributed by atoms with van der Waals surface area (Å²) in [6, 6.07) is 13.1. The first-order chi connectivity index (χ1) is 15.9. The average Bonchev–Trinajstić information content (AvgIpc) is 3.16. The van der Waals surface area contributed by atoms with Crippen LogP contribution in [0.1, 0.15) is 12.5 Å². The zero-order valence-electron chi connectivity index (χ0n) is 18.0. The molecule has 11 heteroatoms. The number of pyridine rings is 1. The second kappa shape index (κ2) is 8.49. The fourth-order valence-corrected chi connectivity index (χ4v) is 4.13. The summed E-state index contributed by atoms with van der Waals surface area (Å²) in [6.45, 7) is 1.33. The Balaban J connectivity index is 1.91. The highest BCUT2D eigenvalue weighted by Crippen LogP contribution is 2.34. The van der Waals surface area contributed by atoms with Gasteiger partial charge < -0.3 is 5.32 Å². The summed E-state index contributed by atoms with van der Waals surface area (Å²) in [6.07, 6.45) is -0.367. The SMILES string of the molecule is CC(=O)Nc1cc(-c2cccc(NS(C)(=O)=O)c2)cn2c(-c3cccc(C(F)(F)F)c3)cnc12. The number of sulfonamides is 1. The molecule has 1 amide bonds. The van der Waals surface area contributed by atoms with Gasteiger partial charge in [-0.05, 0) is 35.9 Å². The lowest BCUT2D eigenvalue weighted by Crippen LogP contribution is -2.09. The van der Waals surface area contributed by atoms with Gasteiger partial charge in [-0.2, -0.15) is 13.2 Å². The van der Waals surface area contributed by atoms with E-state index in [4.69, 9.17) is 0 Å². The third kappa shape index (κ3) is 5.04. The van der Waals surface area contributed by atoms with Crippen molar-refractivity contribution in [1.82, 2.24) is 9.38 Å². The van der Waals surface area contributed by atoms with Crippen LogP contribution in [0.15, 0.2) is 67.0 Å². The van der Waals surface area contributed by atoms with Crippen LogP contribution < -0.4 is 10.0 Å².